The number of rotatable bonds is 4. The summed E-state index contributed by atoms with van der Waals surface area (Å²) in [6.07, 6.45) is 0. The highest BCUT2D eigenvalue weighted by Crippen LogP contribution is 2.51. The second kappa shape index (κ2) is 7.68. The van der Waals surface area contributed by atoms with Crippen LogP contribution in [0.3, 0.4) is 0 Å². The van der Waals surface area contributed by atoms with Crippen molar-refractivity contribution < 1.29 is 0 Å². The maximum Gasteiger partial charge on any atom is 0.365 e. The quantitative estimate of drug-likeness (QED) is 0.606. The van der Waals surface area contributed by atoms with E-state index in [1.54, 1.807) is 0 Å². The molecule has 2 aromatic carbocycles. The van der Waals surface area contributed by atoms with E-state index in [0.717, 1.165) is 0 Å². The van der Waals surface area contributed by atoms with Gasteiger partial charge in [0, 0.05) is 22.7 Å². The molecule has 170 valence electrons. The Labute approximate surface area is 207 Å². The van der Waals surface area contributed by atoms with Gasteiger partial charge in [-0.05, 0) is 80.6 Å². The van der Waals surface area contributed by atoms with Crippen molar-refractivity contribution in [1.29, 1.82) is 0 Å². The molecule has 2 saturated heterocycles. The van der Waals surface area contributed by atoms with E-state index in [1.165, 1.54) is 22.7 Å². The summed E-state index contributed by atoms with van der Waals surface area (Å²) in [5.41, 5.74) is 5.33. The van der Waals surface area contributed by atoms with E-state index in [0.29, 0.717) is 0 Å². The largest absolute Gasteiger partial charge is 0.434 e. The molecule has 0 saturated carbocycles. The van der Waals surface area contributed by atoms with Crippen molar-refractivity contribution in [3.8, 4) is 0 Å². The molecule has 2 fully saturated rings. The van der Waals surface area contributed by atoms with Crippen LogP contribution in [0.1, 0.15) is 0 Å². The Morgan fingerprint density at radius 3 is 0.794 bits per heavy atom. The lowest BCUT2D eigenvalue weighted by atomic mass is 9.07. The maximum atomic E-state index is 2.70. The molecule has 0 aliphatic carbocycles. The Hall–Kier alpha value is -2.13. The lowest BCUT2D eigenvalue weighted by molar-refractivity contribution is 0.615. The van der Waals surface area contributed by atoms with E-state index in [4.69, 9.17) is 0 Å². The van der Waals surface area contributed by atoms with Gasteiger partial charge in [-0.25, -0.2) is 0 Å². The molecule has 4 aliphatic rings. The highest BCUT2D eigenvalue weighted by Gasteiger charge is 2.74. The molecule has 4 heterocycles. The van der Waals surface area contributed by atoms with Gasteiger partial charge < -0.3 is 38.1 Å². The van der Waals surface area contributed by atoms with Crippen LogP contribution in [-0.4, -0.2) is 117 Å². The number of benzene rings is 2. The summed E-state index contributed by atoms with van der Waals surface area (Å²) < 4.78 is 10.8. The van der Waals surface area contributed by atoms with E-state index >= 15 is 0 Å². The van der Waals surface area contributed by atoms with Crippen molar-refractivity contribution in [3.05, 3.63) is 48.5 Å². The second-order valence-electron chi connectivity index (χ2n) is 10.9. The molecule has 0 atom stereocenters. The van der Waals surface area contributed by atoms with E-state index in [2.05, 4.69) is 143 Å². The van der Waals surface area contributed by atoms with Crippen LogP contribution < -0.4 is 18.9 Å². The van der Waals surface area contributed by atoms with Crippen molar-refractivity contribution in [2.75, 3.05) is 75.3 Å². The fourth-order valence-electron chi connectivity index (χ4n) is 7.05. The minimum atomic E-state index is 0.189. The number of nitrogens with zero attached hydrogens (tertiary/aromatic N) is 8. The van der Waals surface area contributed by atoms with Gasteiger partial charge in [0.15, 0.2) is 0 Å². The summed E-state index contributed by atoms with van der Waals surface area (Å²) in [5.74, 6) is 0. The number of hydrogen-bond donors (Lipinski definition) is 0. The molecule has 0 N–H and O–H groups in total. The Balaban J connectivity index is 1.68. The molecule has 2 aromatic rings. The first-order valence-corrected chi connectivity index (χ1v) is 12.2. The van der Waals surface area contributed by atoms with Gasteiger partial charge >= 0.3 is 41.2 Å². The molecule has 6 rings (SSSR count). The van der Waals surface area contributed by atoms with E-state index in [1.807, 2.05) is 0 Å². The fourth-order valence-corrected chi connectivity index (χ4v) is 7.05. The zero-order valence-electron chi connectivity index (χ0n) is 21.7. The van der Waals surface area contributed by atoms with Crippen LogP contribution in [-0.2, 0) is 0 Å². The predicted molar refractivity (Wildman–Crippen MR) is 152 cm³/mol. The molecule has 0 spiro atoms. The molecule has 0 aromatic heterocycles. The summed E-state index contributed by atoms with van der Waals surface area (Å²) >= 11 is 0. The minimum absolute atomic E-state index is 0.189. The van der Waals surface area contributed by atoms with Crippen LogP contribution in [0.15, 0.2) is 48.5 Å². The first-order valence-electron chi connectivity index (χ1n) is 12.2. The molecule has 0 unspecified atom stereocenters. The molecule has 8 nitrogen and oxygen atoms in total. The standard InChI is InChI=1S/C20H32B6N8/c1-27(2)21-22(28(3)4)32-19-15-11-12-16-20(19)34-24(30(7)8)23(29(5)6)33-18-14-10-9-13-17(18)31(21)25(33)26(32)34/h9-16H,1-8H3. The molecule has 4 aliphatic heterocycles. The number of para-hydroxylation sites is 4. The maximum absolute atomic E-state index is 2.70. The van der Waals surface area contributed by atoms with Crippen molar-refractivity contribution in [3.63, 3.8) is 0 Å². The van der Waals surface area contributed by atoms with E-state index in [-0.39, 0.29) is 41.2 Å². The Morgan fingerprint density at radius 1 is 0.412 bits per heavy atom. The lowest BCUT2D eigenvalue weighted by Crippen LogP contribution is -2.94. The van der Waals surface area contributed by atoms with Gasteiger partial charge in [0.2, 0.25) is 0 Å². The van der Waals surface area contributed by atoms with Gasteiger partial charge in [0.25, 0.3) is 0 Å². The Kier molecular flexibility index (Phi) is 5.05. The smallest absolute Gasteiger partial charge is 0.365 e. The summed E-state index contributed by atoms with van der Waals surface area (Å²) in [6, 6.07) is 18.0. The fraction of sp³-hybridized carbons (Fsp3) is 0.400. The van der Waals surface area contributed by atoms with Gasteiger partial charge in [-0.15, -0.1) is 0 Å². The van der Waals surface area contributed by atoms with E-state index < -0.39 is 0 Å². The molecular weight excluding hydrogens is 417 g/mol. The predicted octanol–water partition coefficient (Wildman–Crippen LogP) is 0.0776. The van der Waals surface area contributed by atoms with Crippen LogP contribution in [0.5, 0.6) is 0 Å². The monoisotopic (exact) mass is 450 g/mol. The van der Waals surface area contributed by atoms with Crippen LogP contribution >= 0.6 is 0 Å². The van der Waals surface area contributed by atoms with Gasteiger partial charge in [-0.2, -0.15) is 0 Å². The molecule has 14 heteroatoms. The van der Waals surface area contributed by atoms with Gasteiger partial charge in [0.1, 0.15) is 0 Å². The third-order valence-electron chi connectivity index (χ3n) is 8.07. The summed E-state index contributed by atoms with van der Waals surface area (Å²) in [5, 5.41) is 0. The van der Waals surface area contributed by atoms with Crippen LogP contribution in [0.4, 0.5) is 22.7 Å². The third kappa shape index (κ3) is 2.71. The molecule has 0 bridgehead atoms. The number of hydrogen-bond acceptors (Lipinski definition) is 8. The van der Waals surface area contributed by atoms with Crippen LogP contribution in [0, 0.1) is 0 Å². The zero-order chi connectivity index (χ0) is 24.0. The zero-order valence-corrected chi connectivity index (χ0v) is 21.7. The van der Waals surface area contributed by atoms with Crippen molar-refractivity contribution in [1.82, 2.24) is 19.2 Å². The Bertz CT molecular complexity index is 937. The van der Waals surface area contributed by atoms with Crippen LogP contribution in [0.25, 0.3) is 0 Å². The van der Waals surface area contributed by atoms with Crippen molar-refractivity contribution >= 4 is 64.0 Å². The third-order valence-corrected chi connectivity index (χ3v) is 8.07. The lowest BCUT2D eigenvalue weighted by Gasteiger charge is -2.58. The summed E-state index contributed by atoms with van der Waals surface area (Å²) in [4.78, 5) is 9.59. The number of fused-ring (bicyclic) bond motifs is 6. The van der Waals surface area contributed by atoms with Crippen LogP contribution in [0.2, 0.25) is 0 Å². The summed E-state index contributed by atoms with van der Waals surface area (Å²) in [6.45, 7) is 1.14. The highest BCUT2D eigenvalue weighted by atomic mass is 15.4. The van der Waals surface area contributed by atoms with Gasteiger partial charge in [0.05, 0.1) is 0 Å². The minimum Gasteiger partial charge on any atom is -0.434 e. The average Bonchev–Trinajstić information content (AvgIpc) is 3.30. The molecular formula is C20H32B6N8. The highest BCUT2D eigenvalue weighted by molar-refractivity contribution is 7.54. The van der Waals surface area contributed by atoms with E-state index in [9.17, 15) is 0 Å². The summed E-state index contributed by atoms with van der Waals surface area (Å²) in [7, 11) is 17.8. The van der Waals surface area contributed by atoms with Gasteiger partial charge in [-0.3, -0.25) is 0 Å². The Morgan fingerprint density at radius 2 is 0.618 bits per heavy atom. The normalized spacial score (nSPS) is 18.5. The molecule has 34 heavy (non-hydrogen) atoms. The second-order valence-corrected chi connectivity index (χ2v) is 10.9. The van der Waals surface area contributed by atoms with Crippen molar-refractivity contribution in [2.24, 2.45) is 0 Å². The first-order chi connectivity index (χ1) is 16.3. The first kappa shape index (κ1) is 22.3. The van der Waals surface area contributed by atoms with Gasteiger partial charge in [-0.1, -0.05) is 24.3 Å². The van der Waals surface area contributed by atoms with Crippen molar-refractivity contribution in [2.45, 2.75) is 0 Å². The topological polar surface area (TPSA) is 25.9 Å². The SMILES string of the molecule is CN(C)B1B(N(C)C)N2B3B4N1c1ccccc1N4B(N(C)C)B(N(C)C)N3c1ccccc12. The average molecular weight is 449 g/mol. The molecule has 0 amide bonds. The molecule has 0 radical (unpaired) electrons. The number of anilines is 4.